The molecule has 13 heavy (non-hydrogen) atoms. The van der Waals surface area contributed by atoms with Gasteiger partial charge in [0.1, 0.15) is 5.84 Å². The SMILES string of the molecule is CC(=NC(N)=S)Nc1ccccc1. The highest BCUT2D eigenvalue weighted by atomic mass is 32.1. The van der Waals surface area contributed by atoms with Gasteiger partial charge in [0.15, 0.2) is 5.11 Å². The number of benzene rings is 1. The van der Waals surface area contributed by atoms with E-state index in [0.717, 1.165) is 5.69 Å². The first-order valence-corrected chi connectivity index (χ1v) is 4.26. The molecular weight excluding hydrogens is 182 g/mol. The normalized spacial score (nSPS) is 11.0. The number of anilines is 1. The number of hydrogen-bond acceptors (Lipinski definition) is 1. The van der Waals surface area contributed by atoms with Gasteiger partial charge in [0.05, 0.1) is 0 Å². The Labute approximate surface area is 82.7 Å². The van der Waals surface area contributed by atoms with Crippen molar-refractivity contribution >= 4 is 28.9 Å². The van der Waals surface area contributed by atoms with Crippen LogP contribution in [0.25, 0.3) is 0 Å². The lowest BCUT2D eigenvalue weighted by atomic mass is 10.3. The van der Waals surface area contributed by atoms with E-state index in [0.29, 0.717) is 5.84 Å². The third kappa shape index (κ3) is 3.66. The number of nitrogens with zero attached hydrogens (tertiary/aromatic N) is 1. The number of para-hydroxylation sites is 1. The van der Waals surface area contributed by atoms with Crippen LogP contribution in [0.2, 0.25) is 0 Å². The number of rotatable bonds is 1. The molecule has 1 rings (SSSR count). The average molecular weight is 193 g/mol. The molecule has 0 amide bonds. The molecule has 0 radical (unpaired) electrons. The highest BCUT2D eigenvalue weighted by Crippen LogP contribution is 2.04. The number of hydrogen-bond donors (Lipinski definition) is 2. The van der Waals surface area contributed by atoms with Crippen LogP contribution in [0.5, 0.6) is 0 Å². The van der Waals surface area contributed by atoms with Crippen LogP contribution >= 0.6 is 12.2 Å². The van der Waals surface area contributed by atoms with Crippen LogP contribution in [-0.2, 0) is 0 Å². The van der Waals surface area contributed by atoms with Crippen molar-refractivity contribution in [2.75, 3.05) is 5.32 Å². The molecule has 0 fully saturated rings. The molecule has 0 unspecified atom stereocenters. The molecule has 0 aromatic heterocycles. The number of aliphatic imine (C=N–C) groups is 1. The Morgan fingerprint density at radius 1 is 1.38 bits per heavy atom. The molecule has 68 valence electrons. The number of thiocarbonyl (C=S) groups is 1. The standard InChI is InChI=1S/C9H11N3S/c1-7(12-9(10)13)11-8-5-3-2-4-6-8/h2-6H,1H3,(H3,10,11,12,13). The van der Waals surface area contributed by atoms with Crippen LogP contribution in [0.15, 0.2) is 35.3 Å². The lowest BCUT2D eigenvalue weighted by Crippen LogP contribution is -2.13. The minimum Gasteiger partial charge on any atom is -0.374 e. The van der Waals surface area contributed by atoms with Gasteiger partial charge < -0.3 is 11.1 Å². The van der Waals surface area contributed by atoms with Crippen LogP contribution in [0, 0.1) is 0 Å². The van der Waals surface area contributed by atoms with E-state index in [1.807, 2.05) is 37.3 Å². The van der Waals surface area contributed by atoms with Crippen molar-refractivity contribution in [2.24, 2.45) is 10.7 Å². The lowest BCUT2D eigenvalue weighted by Gasteiger charge is -2.03. The van der Waals surface area contributed by atoms with Gasteiger partial charge in [-0.3, -0.25) is 0 Å². The van der Waals surface area contributed by atoms with E-state index in [4.69, 9.17) is 5.73 Å². The van der Waals surface area contributed by atoms with Gasteiger partial charge in [-0.2, -0.15) is 0 Å². The van der Waals surface area contributed by atoms with Crippen molar-refractivity contribution in [3.63, 3.8) is 0 Å². The van der Waals surface area contributed by atoms with Crippen molar-refractivity contribution < 1.29 is 0 Å². The molecule has 3 N–H and O–H groups in total. The molecule has 0 atom stereocenters. The molecule has 0 bridgehead atoms. The zero-order chi connectivity index (χ0) is 9.68. The van der Waals surface area contributed by atoms with Crippen LogP contribution in [-0.4, -0.2) is 10.9 Å². The van der Waals surface area contributed by atoms with Crippen LogP contribution in [0.4, 0.5) is 5.69 Å². The summed E-state index contributed by atoms with van der Waals surface area (Å²) in [7, 11) is 0. The highest BCUT2D eigenvalue weighted by molar-refractivity contribution is 7.80. The first-order valence-electron chi connectivity index (χ1n) is 3.85. The summed E-state index contributed by atoms with van der Waals surface area (Å²) in [5.41, 5.74) is 6.22. The van der Waals surface area contributed by atoms with E-state index in [2.05, 4.69) is 22.5 Å². The quantitative estimate of drug-likeness (QED) is 0.406. The molecule has 3 nitrogen and oxygen atoms in total. The van der Waals surface area contributed by atoms with Crippen molar-refractivity contribution in [2.45, 2.75) is 6.92 Å². The summed E-state index contributed by atoms with van der Waals surface area (Å²) in [6.07, 6.45) is 0. The zero-order valence-electron chi connectivity index (χ0n) is 7.32. The molecule has 0 aliphatic heterocycles. The molecule has 1 aromatic rings. The van der Waals surface area contributed by atoms with Gasteiger partial charge in [0.25, 0.3) is 0 Å². The Kier molecular flexibility index (Phi) is 3.40. The zero-order valence-corrected chi connectivity index (χ0v) is 8.14. The molecular formula is C9H11N3S. The average Bonchev–Trinajstić information content (AvgIpc) is 2.04. The fourth-order valence-electron chi connectivity index (χ4n) is 0.924. The third-order valence-corrected chi connectivity index (χ3v) is 1.47. The van der Waals surface area contributed by atoms with E-state index >= 15 is 0 Å². The van der Waals surface area contributed by atoms with Crippen molar-refractivity contribution in [1.29, 1.82) is 0 Å². The topological polar surface area (TPSA) is 50.4 Å². The van der Waals surface area contributed by atoms with Gasteiger partial charge in [0.2, 0.25) is 0 Å². The van der Waals surface area contributed by atoms with E-state index < -0.39 is 0 Å². The predicted octanol–water partition coefficient (Wildman–Crippen LogP) is 1.76. The van der Waals surface area contributed by atoms with Gasteiger partial charge in [-0.15, -0.1) is 0 Å². The summed E-state index contributed by atoms with van der Waals surface area (Å²) in [6.45, 7) is 1.81. The first kappa shape index (κ1) is 9.67. The maximum Gasteiger partial charge on any atom is 0.191 e. The minimum atomic E-state index is 0.140. The largest absolute Gasteiger partial charge is 0.374 e. The molecule has 0 spiro atoms. The number of nitrogens with two attached hydrogens (primary N) is 1. The Bertz CT molecular complexity index is 319. The van der Waals surface area contributed by atoms with E-state index in [1.165, 1.54) is 0 Å². The molecule has 0 heterocycles. The van der Waals surface area contributed by atoms with Crippen LogP contribution in [0.1, 0.15) is 6.92 Å². The molecule has 0 aliphatic carbocycles. The minimum absolute atomic E-state index is 0.140. The predicted molar refractivity (Wildman–Crippen MR) is 60.0 cm³/mol. The fraction of sp³-hybridized carbons (Fsp3) is 0.111. The van der Waals surface area contributed by atoms with E-state index in [1.54, 1.807) is 0 Å². The summed E-state index contributed by atoms with van der Waals surface area (Å²) >= 11 is 4.64. The number of nitrogens with one attached hydrogen (secondary N) is 1. The second-order valence-corrected chi connectivity index (χ2v) is 2.94. The molecule has 0 saturated heterocycles. The van der Waals surface area contributed by atoms with Crippen molar-refractivity contribution in [3.05, 3.63) is 30.3 Å². The summed E-state index contributed by atoms with van der Waals surface area (Å²) in [5.74, 6) is 0.693. The molecule has 4 heteroatoms. The lowest BCUT2D eigenvalue weighted by molar-refractivity contribution is 1.52. The Balaban J connectivity index is 2.65. The van der Waals surface area contributed by atoms with Crippen LogP contribution < -0.4 is 11.1 Å². The van der Waals surface area contributed by atoms with Gasteiger partial charge >= 0.3 is 0 Å². The fourth-order valence-corrected chi connectivity index (χ4v) is 1.06. The Morgan fingerprint density at radius 2 is 2.00 bits per heavy atom. The summed E-state index contributed by atoms with van der Waals surface area (Å²) in [5, 5.41) is 3.20. The second-order valence-electron chi connectivity index (χ2n) is 2.53. The van der Waals surface area contributed by atoms with Gasteiger partial charge in [-0.1, -0.05) is 18.2 Å². The third-order valence-electron chi connectivity index (χ3n) is 1.38. The summed E-state index contributed by atoms with van der Waals surface area (Å²) in [6, 6.07) is 9.72. The highest BCUT2D eigenvalue weighted by Gasteiger charge is 1.92. The maximum atomic E-state index is 5.25. The molecule has 0 aliphatic rings. The number of amidine groups is 1. The Morgan fingerprint density at radius 3 is 2.54 bits per heavy atom. The van der Waals surface area contributed by atoms with Gasteiger partial charge in [-0.25, -0.2) is 4.99 Å². The van der Waals surface area contributed by atoms with E-state index in [9.17, 15) is 0 Å². The first-order chi connectivity index (χ1) is 6.18. The molecule has 1 aromatic carbocycles. The monoisotopic (exact) mass is 193 g/mol. The second kappa shape index (κ2) is 4.57. The van der Waals surface area contributed by atoms with E-state index in [-0.39, 0.29) is 5.11 Å². The smallest absolute Gasteiger partial charge is 0.191 e. The van der Waals surface area contributed by atoms with Crippen LogP contribution in [0.3, 0.4) is 0 Å². The van der Waals surface area contributed by atoms with Crippen molar-refractivity contribution in [1.82, 2.24) is 0 Å². The van der Waals surface area contributed by atoms with Gasteiger partial charge in [0, 0.05) is 5.69 Å². The molecule has 0 saturated carbocycles. The van der Waals surface area contributed by atoms with Gasteiger partial charge in [-0.05, 0) is 31.3 Å². The Hall–Kier alpha value is -1.42. The maximum absolute atomic E-state index is 5.25. The summed E-state index contributed by atoms with van der Waals surface area (Å²) < 4.78 is 0. The van der Waals surface area contributed by atoms with Crippen molar-refractivity contribution in [3.8, 4) is 0 Å². The summed E-state index contributed by atoms with van der Waals surface area (Å²) in [4.78, 5) is 3.89.